The van der Waals surface area contributed by atoms with Gasteiger partial charge in [-0.3, -0.25) is 4.98 Å². The fraction of sp³-hybridized carbons (Fsp3) is 0.267. The van der Waals surface area contributed by atoms with Gasteiger partial charge in [-0.25, -0.2) is 4.39 Å². The zero-order valence-corrected chi connectivity index (χ0v) is 10.9. The van der Waals surface area contributed by atoms with Crippen molar-refractivity contribution in [2.75, 3.05) is 0 Å². The summed E-state index contributed by atoms with van der Waals surface area (Å²) in [6.07, 6.45) is 2.66. The summed E-state index contributed by atoms with van der Waals surface area (Å²) in [5, 5.41) is 9.34. The van der Waals surface area contributed by atoms with Crippen molar-refractivity contribution < 1.29 is 14.2 Å². The molecule has 0 saturated carbocycles. The zero-order chi connectivity index (χ0) is 13.8. The normalized spacial score (nSPS) is 12.2. The van der Waals surface area contributed by atoms with Gasteiger partial charge < -0.3 is 9.84 Å². The van der Waals surface area contributed by atoms with Gasteiger partial charge in [0.25, 0.3) is 0 Å². The molecular weight excluding hydrogens is 245 g/mol. The number of benzene rings is 1. The Morgan fingerprint density at radius 1 is 1.32 bits per heavy atom. The second kappa shape index (κ2) is 5.80. The van der Waals surface area contributed by atoms with Crippen LogP contribution < -0.4 is 4.74 Å². The Morgan fingerprint density at radius 2 is 2.11 bits per heavy atom. The maximum atomic E-state index is 13.6. The molecule has 2 rings (SSSR count). The minimum Gasteiger partial charge on any atom is -0.489 e. The first kappa shape index (κ1) is 13.5. The van der Waals surface area contributed by atoms with E-state index >= 15 is 0 Å². The average molecular weight is 261 g/mol. The maximum Gasteiger partial charge on any atom is 0.132 e. The van der Waals surface area contributed by atoms with Crippen LogP contribution >= 0.6 is 0 Å². The summed E-state index contributed by atoms with van der Waals surface area (Å²) >= 11 is 0. The van der Waals surface area contributed by atoms with Crippen LogP contribution in [-0.4, -0.2) is 10.1 Å². The van der Waals surface area contributed by atoms with Crippen LogP contribution in [-0.2, 0) is 6.61 Å². The lowest BCUT2D eigenvalue weighted by Gasteiger charge is -2.10. The summed E-state index contributed by atoms with van der Waals surface area (Å²) in [5.74, 6) is -0.0294. The first-order valence-corrected chi connectivity index (χ1v) is 6.07. The number of aliphatic hydroxyl groups excluding tert-OH is 1. The molecule has 3 nitrogen and oxygen atoms in total. The van der Waals surface area contributed by atoms with E-state index in [-0.39, 0.29) is 5.56 Å². The number of ether oxygens (including phenoxy) is 1. The van der Waals surface area contributed by atoms with Crippen molar-refractivity contribution in [2.24, 2.45) is 0 Å². The molecule has 0 fully saturated rings. The smallest absolute Gasteiger partial charge is 0.132 e. The van der Waals surface area contributed by atoms with E-state index in [4.69, 9.17) is 4.74 Å². The van der Waals surface area contributed by atoms with Crippen LogP contribution in [0.1, 0.15) is 29.7 Å². The van der Waals surface area contributed by atoms with E-state index in [1.165, 1.54) is 19.1 Å². The molecular formula is C15H16FNO2. The minimum absolute atomic E-state index is 0.268. The second-order valence-electron chi connectivity index (χ2n) is 4.52. The second-order valence-corrected chi connectivity index (χ2v) is 4.52. The van der Waals surface area contributed by atoms with Crippen LogP contribution in [0.5, 0.6) is 5.75 Å². The number of aromatic nitrogens is 1. The fourth-order valence-corrected chi connectivity index (χ4v) is 1.80. The van der Waals surface area contributed by atoms with Crippen LogP contribution in [0, 0.1) is 12.7 Å². The number of halogens is 1. The Kier molecular flexibility index (Phi) is 4.12. The molecule has 1 aromatic carbocycles. The fourth-order valence-electron chi connectivity index (χ4n) is 1.80. The van der Waals surface area contributed by atoms with Gasteiger partial charge in [-0.15, -0.1) is 0 Å². The molecule has 0 aliphatic carbocycles. The third kappa shape index (κ3) is 3.51. The molecule has 0 radical (unpaired) electrons. The predicted octanol–water partition coefficient (Wildman–Crippen LogP) is 3.16. The summed E-state index contributed by atoms with van der Waals surface area (Å²) < 4.78 is 19.1. The number of nitrogens with zero attached hydrogens (tertiary/aromatic N) is 1. The molecule has 4 heteroatoms. The third-order valence-corrected chi connectivity index (χ3v) is 2.76. The van der Waals surface area contributed by atoms with Crippen LogP contribution in [0.15, 0.2) is 36.7 Å². The average Bonchev–Trinajstić information content (AvgIpc) is 2.36. The molecule has 0 aliphatic rings. The molecule has 0 saturated heterocycles. The van der Waals surface area contributed by atoms with Crippen molar-refractivity contribution in [3.05, 3.63) is 59.2 Å². The van der Waals surface area contributed by atoms with Crippen molar-refractivity contribution in [1.82, 2.24) is 4.98 Å². The zero-order valence-electron chi connectivity index (χ0n) is 10.9. The van der Waals surface area contributed by atoms with E-state index in [2.05, 4.69) is 4.98 Å². The number of hydrogen-bond acceptors (Lipinski definition) is 3. The third-order valence-electron chi connectivity index (χ3n) is 2.76. The van der Waals surface area contributed by atoms with Gasteiger partial charge in [0.05, 0.1) is 6.10 Å². The predicted molar refractivity (Wildman–Crippen MR) is 70.3 cm³/mol. The molecule has 1 aromatic heterocycles. The van der Waals surface area contributed by atoms with E-state index in [1.54, 1.807) is 18.5 Å². The number of aliphatic hydroxyl groups is 1. The molecule has 2 aromatic rings. The van der Waals surface area contributed by atoms with Crippen molar-refractivity contribution in [3.8, 4) is 5.75 Å². The Bertz CT molecular complexity index is 570. The number of rotatable bonds is 4. The Hall–Kier alpha value is -1.94. The summed E-state index contributed by atoms with van der Waals surface area (Å²) in [6.45, 7) is 3.81. The van der Waals surface area contributed by atoms with Gasteiger partial charge in [0.2, 0.25) is 0 Å². The highest BCUT2D eigenvalue weighted by atomic mass is 19.1. The van der Waals surface area contributed by atoms with Gasteiger partial charge in [-0.2, -0.15) is 0 Å². The van der Waals surface area contributed by atoms with Crippen LogP contribution in [0.25, 0.3) is 0 Å². The molecule has 0 unspecified atom stereocenters. The van der Waals surface area contributed by atoms with E-state index in [0.29, 0.717) is 12.4 Å². The van der Waals surface area contributed by atoms with E-state index in [0.717, 1.165) is 11.1 Å². The van der Waals surface area contributed by atoms with Gasteiger partial charge >= 0.3 is 0 Å². The van der Waals surface area contributed by atoms with Gasteiger partial charge in [0.1, 0.15) is 18.2 Å². The number of pyridine rings is 1. The highest BCUT2D eigenvalue weighted by Gasteiger charge is 2.09. The van der Waals surface area contributed by atoms with Crippen molar-refractivity contribution in [2.45, 2.75) is 26.6 Å². The summed E-state index contributed by atoms with van der Waals surface area (Å²) in [6, 6.07) is 6.43. The molecule has 19 heavy (non-hydrogen) atoms. The topological polar surface area (TPSA) is 42.4 Å². The largest absolute Gasteiger partial charge is 0.489 e. The van der Waals surface area contributed by atoms with Crippen LogP contribution in [0.3, 0.4) is 0 Å². The van der Waals surface area contributed by atoms with Gasteiger partial charge in [0.15, 0.2) is 0 Å². The first-order chi connectivity index (χ1) is 9.06. The number of aryl methyl sites for hydroxylation is 1. The molecule has 0 amide bonds. The van der Waals surface area contributed by atoms with Crippen LogP contribution in [0.2, 0.25) is 0 Å². The van der Waals surface area contributed by atoms with Crippen LogP contribution in [0.4, 0.5) is 4.39 Å². The Morgan fingerprint density at radius 3 is 2.74 bits per heavy atom. The molecule has 0 aliphatic heterocycles. The monoisotopic (exact) mass is 261 g/mol. The molecule has 1 heterocycles. The lowest BCUT2D eigenvalue weighted by atomic mass is 10.1. The van der Waals surface area contributed by atoms with Gasteiger partial charge in [0, 0.05) is 29.6 Å². The van der Waals surface area contributed by atoms with Gasteiger partial charge in [-0.1, -0.05) is 0 Å². The van der Waals surface area contributed by atoms with Gasteiger partial charge in [-0.05, 0) is 37.6 Å². The molecule has 0 bridgehead atoms. The summed E-state index contributed by atoms with van der Waals surface area (Å²) in [7, 11) is 0. The first-order valence-electron chi connectivity index (χ1n) is 6.07. The highest BCUT2D eigenvalue weighted by Crippen LogP contribution is 2.22. The summed E-state index contributed by atoms with van der Waals surface area (Å²) in [5.41, 5.74) is 2.25. The Balaban J connectivity index is 2.06. The maximum absolute atomic E-state index is 13.6. The molecule has 0 spiro atoms. The van der Waals surface area contributed by atoms with E-state index in [1.807, 2.05) is 13.0 Å². The number of hydrogen-bond donors (Lipinski definition) is 1. The minimum atomic E-state index is -0.824. The molecule has 1 atom stereocenters. The highest BCUT2D eigenvalue weighted by molar-refractivity contribution is 5.30. The summed E-state index contributed by atoms with van der Waals surface area (Å²) in [4.78, 5) is 4.06. The van der Waals surface area contributed by atoms with Crippen molar-refractivity contribution in [3.63, 3.8) is 0 Å². The van der Waals surface area contributed by atoms with E-state index < -0.39 is 11.9 Å². The van der Waals surface area contributed by atoms with E-state index in [9.17, 15) is 9.50 Å². The Labute approximate surface area is 111 Å². The molecule has 1 N–H and O–H groups in total. The lowest BCUT2D eigenvalue weighted by molar-refractivity contribution is 0.194. The van der Waals surface area contributed by atoms with Crippen molar-refractivity contribution >= 4 is 0 Å². The standard InChI is InChI=1S/C15H16FNO2/c1-10-5-12(8-17-7-10)9-19-13-3-4-14(11(2)18)15(16)6-13/h3-8,11,18H,9H2,1-2H3/t11-/m0/s1. The molecule has 100 valence electrons. The lowest BCUT2D eigenvalue weighted by Crippen LogP contribution is -1.99. The SMILES string of the molecule is Cc1cncc(COc2ccc([C@H](C)O)c(F)c2)c1. The van der Waals surface area contributed by atoms with Crippen molar-refractivity contribution in [1.29, 1.82) is 0 Å². The quantitative estimate of drug-likeness (QED) is 0.919.